The molecule has 6 nitrogen and oxygen atoms in total. The zero-order valence-corrected chi connectivity index (χ0v) is 15.2. The molecule has 6 heteroatoms. The summed E-state index contributed by atoms with van der Waals surface area (Å²) in [5, 5.41) is 0. The van der Waals surface area contributed by atoms with Crippen molar-refractivity contribution in [3.05, 3.63) is 60.7 Å². The Hall–Kier alpha value is -2.73. The van der Waals surface area contributed by atoms with Gasteiger partial charge in [-0.3, -0.25) is 4.90 Å². The number of aromatic amines is 1. The molecule has 0 bridgehead atoms. The monoisotopic (exact) mass is 348 g/mol. The Kier molecular flexibility index (Phi) is 4.67. The van der Waals surface area contributed by atoms with Crippen LogP contribution in [0.5, 0.6) is 0 Å². The van der Waals surface area contributed by atoms with Crippen LogP contribution >= 0.6 is 0 Å². The van der Waals surface area contributed by atoms with E-state index < -0.39 is 0 Å². The van der Waals surface area contributed by atoms with Crippen LogP contribution in [0.3, 0.4) is 0 Å². The molecule has 1 aliphatic rings. The molecule has 2 atom stereocenters. The van der Waals surface area contributed by atoms with Gasteiger partial charge in [-0.05, 0) is 19.9 Å². The van der Waals surface area contributed by atoms with E-state index in [2.05, 4.69) is 55.7 Å². The molecule has 0 amide bonds. The Bertz CT molecular complexity index is 820. The van der Waals surface area contributed by atoms with Crippen molar-refractivity contribution in [1.29, 1.82) is 0 Å². The van der Waals surface area contributed by atoms with Crippen LogP contribution in [0.25, 0.3) is 11.4 Å². The summed E-state index contributed by atoms with van der Waals surface area (Å²) in [5.41, 5.74) is 2.26. The third-order valence-electron chi connectivity index (χ3n) is 4.97. The van der Waals surface area contributed by atoms with Gasteiger partial charge in [-0.1, -0.05) is 30.3 Å². The predicted molar refractivity (Wildman–Crippen MR) is 103 cm³/mol. The molecule has 0 spiro atoms. The van der Waals surface area contributed by atoms with Gasteiger partial charge in [0.25, 0.3) is 0 Å². The van der Waals surface area contributed by atoms with Gasteiger partial charge in [0.2, 0.25) is 5.95 Å². The van der Waals surface area contributed by atoms with Crippen molar-refractivity contribution in [2.75, 3.05) is 18.0 Å². The molecule has 1 N–H and O–H groups in total. The lowest BCUT2D eigenvalue weighted by molar-refractivity contribution is 0.121. The number of nitrogens with zero attached hydrogens (tertiary/aromatic N) is 5. The summed E-state index contributed by atoms with van der Waals surface area (Å²) in [4.78, 5) is 21.6. The molecule has 3 aromatic rings. The van der Waals surface area contributed by atoms with Gasteiger partial charge in [0.15, 0.2) is 0 Å². The fraction of sp³-hybridized carbons (Fsp3) is 0.350. The molecule has 0 saturated carbocycles. The van der Waals surface area contributed by atoms with Gasteiger partial charge in [0, 0.05) is 61.6 Å². The highest BCUT2D eigenvalue weighted by Crippen LogP contribution is 2.22. The zero-order chi connectivity index (χ0) is 17.9. The molecule has 4 rings (SSSR count). The van der Waals surface area contributed by atoms with Crippen LogP contribution in [0, 0.1) is 0 Å². The van der Waals surface area contributed by atoms with Gasteiger partial charge in [-0.2, -0.15) is 0 Å². The third-order valence-corrected chi connectivity index (χ3v) is 4.97. The van der Waals surface area contributed by atoms with E-state index in [1.54, 1.807) is 12.4 Å². The third kappa shape index (κ3) is 3.46. The second-order valence-corrected chi connectivity index (χ2v) is 6.95. The number of aromatic nitrogens is 4. The molecular formula is C20H24N6. The van der Waals surface area contributed by atoms with Gasteiger partial charge in [0.1, 0.15) is 5.82 Å². The number of rotatable bonds is 4. The SMILES string of the molecule is C[C@@H]1CN(c2ncccn2)C[C@H](C)N1Cc1cnc(-c2ccccc2)[nH]1. The van der Waals surface area contributed by atoms with E-state index >= 15 is 0 Å². The molecule has 0 aliphatic carbocycles. The first-order chi connectivity index (χ1) is 12.7. The maximum atomic E-state index is 4.55. The van der Waals surface area contributed by atoms with Crippen molar-refractivity contribution in [3.8, 4) is 11.4 Å². The normalized spacial score (nSPS) is 21.1. The first-order valence-electron chi connectivity index (χ1n) is 9.07. The summed E-state index contributed by atoms with van der Waals surface area (Å²) in [5.74, 6) is 1.75. The second kappa shape index (κ2) is 7.25. The number of anilines is 1. The van der Waals surface area contributed by atoms with Crippen LogP contribution in [-0.2, 0) is 6.54 Å². The Morgan fingerprint density at radius 1 is 0.962 bits per heavy atom. The van der Waals surface area contributed by atoms with Crippen molar-refractivity contribution < 1.29 is 0 Å². The molecule has 1 fully saturated rings. The average molecular weight is 348 g/mol. The maximum absolute atomic E-state index is 4.55. The summed E-state index contributed by atoms with van der Waals surface area (Å²) in [6, 6.07) is 12.9. The Morgan fingerprint density at radius 3 is 2.35 bits per heavy atom. The summed E-state index contributed by atoms with van der Waals surface area (Å²) in [7, 11) is 0. The smallest absolute Gasteiger partial charge is 0.225 e. The van der Waals surface area contributed by atoms with Crippen LogP contribution < -0.4 is 4.90 Å². The van der Waals surface area contributed by atoms with Crippen molar-refractivity contribution >= 4 is 5.95 Å². The fourth-order valence-corrected chi connectivity index (χ4v) is 3.66. The minimum Gasteiger partial charge on any atom is -0.341 e. The average Bonchev–Trinajstić information content (AvgIpc) is 3.15. The van der Waals surface area contributed by atoms with Crippen LogP contribution in [0.15, 0.2) is 55.0 Å². The van der Waals surface area contributed by atoms with Gasteiger partial charge >= 0.3 is 0 Å². The number of hydrogen-bond donors (Lipinski definition) is 1. The fourth-order valence-electron chi connectivity index (χ4n) is 3.66. The van der Waals surface area contributed by atoms with E-state index in [4.69, 9.17) is 0 Å². The van der Waals surface area contributed by atoms with Crippen LogP contribution in [0.2, 0.25) is 0 Å². The highest BCUT2D eigenvalue weighted by molar-refractivity contribution is 5.54. The molecule has 3 heterocycles. The van der Waals surface area contributed by atoms with Crippen molar-refractivity contribution in [1.82, 2.24) is 24.8 Å². The van der Waals surface area contributed by atoms with Gasteiger partial charge in [-0.25, -0.2) is 15.0 Å². The predicted octanol–water partition coefficient (Wildman–Crippen LogP) is 2.97. The molecule has 26 heavy (non-hydrogen) atoms. The Balaban J connectivity index is 1.45. The van der Waals surface area contributed by atoms with E-state index in [-0.39, 0.29) is 0 Å². The molecule has 1 aromatic carbocycles. The van der Waals surface area contributed by atoms with Crippen LogP contribution in [0.1, 0.15) is 19.5 Å². The highest BCUT2D eigenvalue weighted by atomic mass is 15.3. The van der Waals surface area contributed by atoms with E-state index in [1.165, 1.54) is 0 Å². The first kappa shape index (κ1) is 16.7. The standard InChI is InChI=1S/C20H24N6/c1-15-12-25(20-21-9-6-10-22-20)13-16(2)26(15)14-18-11-23-19(24-18)17-7-4-3-5-8-17/h3-11,15-16H,12-14H2,1-2H3,(H,23,24)/t15-,16+. The molecule has 1 aliphatic heterocycles. The van der Waals surface area contributed by atoms with E-state index in [0.29, 0.717) is 12.1 Å². The maximum Gasteiger partial charge on any atom is 0.225 e. The van der Waals surface area contributed by atoms with Gasteiger partial charge in [0.05, 0.1) is 0 Å². The number of piperazine rings is 1. The second-order valence-electron chi connectivity index (χ2n) is 6.95. The first-order valence-corrected chi connectivity index (χ1v) is 9.07. The summed E-state index contributed by atoms with van der Waals surface area (Å²) in [6.45, 7) is 7.24. The largest absolute Gasteiger partial charge is 0.341 e. The summed E-state index contributed by atoms with van der Waals surface area (Å²) >= 11 is 0. The molecule has 2 aromatic heterocycles. The number of nitrogens with one attached hydrogen (secondary N) is 1. The molecule has 0 unspecified atom stereocenters. The molecular weight excluding hydrogens is 324 g/mol. The van der Waals surface area contributed by atoms with Crippen molar-refractivity contribution in [2.45, 2.75) is 32.5 Å². The Labute approximate surface area is 153 Å². The minimum absolute atomic E-state index is 0.408. The van der Waals surface area contributed by atoms with E-state index in [9.17, 15) is 0 Å². The summed E-state index contributed by atoms with van der Waals surface area (Å²) < 4.78 is 0. The molecule has 134 valence electrons. The van der Waals surface area contributed by atoms with Crippen molar-refractivity contribution in [2.24, 2.45) is 0 Å². The number of benzene rings is 1. The topological polar surface area (TPSA) is 60.9 Å². The highest BCUT2D eigenvalue weighted by Gasteiger charge is 2.30. The Morgan fingerprint density at radius 2 is 1.65 bits per heavy atom. The quantitative estimate of drug-likeness (QED) is 0.785. The van der Waals surface area contributed by atoms with Crippen LogP contribution in [-0.4, -0.2) is 50.0 Å². The lowest BCUT2D eigenvalue weighted by Gasteiger charge is -2.44. The number of hydrogen-bond acceptors (Lipinski definition) is 5. The minimum atomic E-state index is 0.408. The molecule has 1 saturated heterocycles. The summed E-state index contributed by atoms with van der Waals surface area (Å²) in [6.07, 6.45) is 5.56. The van der Waals surface area contributed by atoms with Crippen LogP contribution in [0.4, 0.5) is 5.95 Å². The number of H-pyrrole nitrogens is 1. The lowest BCUT2D eigenvalue weighted by Crippen LogP contribution is -2.56. The van der Waals surface area contributed by atoms with E-state index in [0.717, 1.165) is 42.7 Å². The number of imidazole rings is 1. The van der Waals surface area contributed by atoms with Crippen molar-refractivity contribution in [3.63, 3.8) is 0 Å². The van der Waals surface area contributed by atoms with Gasteiger partial charge in [-0.15, -0.1) is 0 Å². The van der Waals surface area contributed by atoms with Gasteiger partial charge < -0.3 is 9.88 Å². The zero-order valence-electron chi connectivity index (χ0n) is 15.2. The lowest BCUT2D eigenvalue weighted by atomic mass is 10.1. The molecule has 0 radical (unpaired) electrons. The van der Waals surface area contributed by atoms with E-state index in [1.807, 2.05) is 30.5 Å².